The number of esters is 1. The second-order valence-corrected chi connectivity index (χ2v) is 5.42. The molecule has 0 amide bonds. The van der Waals surface area contributed by atoms with E-state index in [0.717, 1.165) is 0 Å². The Hall–Kier alpha value is -1.47. The van der Waals surface area contributed by atoms with Crippen LogP contribution >= 0.6 is 0 Å². The molecule has 1 aliphatic heterocycles. The number of nitrogens with zero attached hydrogens (tertiary/aromatic N) is 2. The summed E-state index contributed by atoms with van der Waals surface area (Å²) in [5.41, 5.74) is -0.163. The summed E-state index contributed by atoms with van der Waals surface area (Å²) in [5.74, 6) is -0.553. The molecule has 2 heterocycles. The smallest absolute Gasteiger partial charge is 0.463 e. The SMILES string of the molecule is COC(=O)c1ncc(B2OC(C)(C)C(C)(C)O2)cn1. The van der Waals surface area contributed by atoms with E-state index >= 15 is 0 Å². The number of carbonyl (C=O) groups is 1. The van der Waals surface area contributed by atoms with Gasteiger partial charge in [0.1, 0.15) is 0 Å². The second kappa shape index (κ2) is 4.57. The maximum absolute atomic E-state index is 11.2. The third kappa shape index (κ3) is 2.48. The van der Waals surface area contributed by atoms with Gasteiger partial charge in [0.25, 0.3) is 0 Å². The van der Waals surface area contributed by atoms with Crippen LogP contribution < -0.4 is 5.46 Å². The maximum atomic E-state index is 11.2. The highest BCUT2D eigenvalue weighted by Crippen LogP contribution is 2.36. The van der Waals surface area contributed by atoms with E-state index in [9.17, 15) is 4.79 Å². The highest BCUT2D eigenvalue weighted by atomic mass is 16.7. The van der Waals surface area contributed by atoms with Crippen molar-refractivity contribution in [3.8, 4) is 0 Å². The first-order valence-corrected chi connectivity index (χ1v) is 6.03. The van der Waals surface area contributed by atoms with Gasteiger partial charge in [-0.3, -0.25) is 0 Å². The van der Waals surface area contributed by atoms with E-state index in [1.807, 2.05) is 27.7 Å². The lowest BCUT2D eigenvalue weighted by Gasteiger charge is -2.32. The van der Waals surface area contributed by atoms with Crippen LogP contribution in [-0.2, 0) is 14.0 Å². The number of methoxy groups -OCH3 is 1. The first-order chi connectivity index (χ1) is 8.77. The zero-order chi connectivity index (χ0) is 14.3. The number of hydrogen-bond acceptors (Lipinski definition) is 6. The summed E-state index contributed by atoms with van der Waals surface area (Å²) in [5, 5.41) is 0. The Kier molecular flexibility index (Phi) is 3.36. The van der Waals surface area contributed by atoms with Crippen molar-refractivity contribution in [3.05, 3.63) is 18.2 Å². The van der Waals surface area contributed by atoms with E-state index < -0.39 is 24.3 Å². The second-order valence-electron chi connectivity index (χ2n) is 5.42. The molecule has 6 nitrogen and oxygen atoms in total. The van der Waals surface area contributed by atoms with E-state index in [2.05, 4.69) is 14.7 Å². The van der Waals surface area contributed by atoms with Gasteiger partial charge in [0, 0.05) is 17.9 Å². The number of ether oxygens (including phenoxy) is 1. The molecule has 1 fully saturated rings. The lowest BCUT2D eigenvalue weighted by atomic mass is 9.81. The summed E-state index contributed by atoms with van der Waals surface area (Å²) in [6.07, 6.45) is 3.03. The monoisotopic (exact) mass is 264 g/mol. The molecular weight excluding hydrogens is 247 g/mol. The fraction of sp³-hybridized carbons (Fsp3) is 0.583. The molecule has 7 heteroatoms. The van der Waals surface area contributed by atoms with Crippen molar-refractivity contribution in [2.24, 2.45) is 0 Å². The van der Waals surface area contributed by atoms with Gasteiger partial charge >= 0.3 is 13.1 Å². The van der Waals surface area contributed by atoms with Gasteiger partial charge in [0.15, 0.2) is 0 Å². The van der Waals surface area contributed by atoms with Gasteiger partial charge in [0.05, 0.1) is 18.3 Å². The topological polar surface area (TPSA) is 70.5 Å². The highest BCUT2D eigenvalue weighted by molar-refractivity contribution is 6.61. The largest absolute Gasteiger partial charge is 0.498 e. The van der Waals surface area contributed by atoms with Crippen molar-refractivity contribution in [3.63, 3.8) is 0 Å². The van der Waals surface area contributed by atoms with E-state index in [4.69, 9.17) is 9.31 Å². The first kappa shape index (κ1) is 14.0. The minimum Gasteiger partial charge on any atom is -0.463 e. The van der Waals surface area contributed by atoms with Gasteiger partial charge in [0.2, 0.25) is 5.82 Å². The normalized spacial score (nSPS) is 20.4. The van der Waals surface area contributed by atoms with Crippen LogP contribution in [0.3, 0.4) is 0 Å². The molecule has 1 aliphatic rings. The van der Waals surface area contributed by atoms with Crippen molar-refractivity contribution >= 4 is 18.6 Å². The van der Waals surface area contributed by atoms with E-state index in [1.165, 1.54) is 19.5 Å². The minimum absolute atomic E-state index is 0.0165. The summed E-state index contributed by atoms with van der Waals surface area (Å²) in [6, 6.07) is 0. The molecule has 0 aromatic carbocycles. The van der Waals surface area contributed by atoms with Crippen molar-refractivity contribution < 1.29 is 18.8 Å². The Labute approximate surface area is 112 Å². The molecule has 0 radical (unpaired) electrons. The van der Waals surface area contributed by atoms with Gasteiger partial charge in [-0.25, -0.2) is 14.8 Å². The quantitative estimate of drug-likeness (QED) is 0.574. The van der Waals surface area contributed by atoms with Crippen LogP contribution in [-0.4, -0.2) is 41.4 Å². The summed E-state index contributed by atoms with van der Waals surface area (Å²) in [7, 11) is 0.755. The van der Waals surface area contributed by atoms with Crippen LogP contribution in [0, 0.1) is 0 Å². The maximum Gasteiger partial charge on any atom is 0.498 e. The zero-order valence-electron chi connectivity index (χ0n) is 11.8. The molecule has 0 unspecified atom stereocenters. The molecule has 0 aliphatic carbocycles. The Morgan fingerprint density at radius 1 is 1.16 bits per heavy atom. The van der Waals surface area contributed by atoms with Crippen LogP contribution in [0.5, 0.6) is 0 Å². The number of aromatic nitrogens is 2. The fourth-order valence-electron chi connectivity index (χ4n) is 1.64. The molecule has 0 saturated carbocycles. The minimum atomic E-state index is -0.569. The van der Waals surface area contributed by atoms with E-state index in [0.29, 0.717) is 5.46 Å². The Bertz CT molecular complexity index is 471. The standard InChI is InChI=1S/C12H17BN2O4/c1-11(2)12(3,4)19-13(18-11)8-6-14-9(15-7-8)10(16)17-5/h6-7H,1-5H3. The molecule has 0 spiro atoms. The number of carbonyl (C=O) groups excluding carboxylic acids is 1. The molecular formula is C12H17BN2O4. The predicted molar refractivity (Wildman–Crippen MR) is 69.1 cm³/mol. The molecule has 1 aromatic heterocycles. The van der Waals surface area contributed by atoms with Gasteiger partial charge in [-0.2, -0.15) is 0 Å². The molecule has 1 aromatic rings. The Balaban J connectivity index is 2.19. The summed E-state index contributed by atoms with van der Waals surface area (Å²) in [6.45, 7) is 7.88. The van der Waals surface area contributed by atoms with Crippen LogP contribution in [0.1, 0.15) is 38.3 Å². The van der Waals surface area contributed by atoms with Crippen LogP contribution in [0.15, 0.2) is 12.4 Å². The highest BCUT2D eigenvalue weighted by Gasteiger charge is 2.51. The molecule has 19 heavy (non-hydrogen) atoms. The fourth-order valence-corrected chi connectivity index (χ4v) is 1.64. The van der Waals surface area contributed by atoms with Crippen molar-refractivity contribution in [1.29, 1.82) is 0 Å². The van der Waals surface area contributed by atoms with E-state index in [1.54, 1.807) is 0 Å². The van der Waals surface area contributed by atoms with Crippen molar-refractivity contribution in [2.45, 2.75) is 38.9 Å². The molecule has 1 saturated heterocycles. The Morgan fingerprint density at radius 3 is 2.05 bits per heavy atom. The number of rotatable bonds is 2. The average molecular weight is 264 g/mol. The van der Waals surface area contributed by atoms with Gasteiger partial charge in [-0.15, -0.1) is 0 Å². The van der Waals surface area contributed by atoms with Crippen LogP contribution in [0.4, 0.5) is 0 Å². The van der Waals surface area contributed by atoms with Crippen molar-refractivity contribution in [2.75, 3.05) is 7.11 Å². The third-order valence-corrected chi connectivity index (χ3v) is 3.57. The molecule has 2 rings (SSSR count). The average Bonchev–Trinajstić information content (AvgIpc) is 2.58. The molecule has 0 N–H and O–H groups in total. The zero-order valence-corrected chi connectivity index (χ0v) is 11.8. The summed E-state index contributed by atoms with van der Waals surface area (Å²) in [4.78, 5) is 19.1. The lowest BCUT2D eigenvalue weighted by molar-refractivity contribution is 0.00578. The van der Waals surface area contributed by atoms with E-state index in [-0.39, 0.29) is 5.82 Å². The molecule has 0 atom stereocenters. The number of hydrogen-bond donors (Lipinski definition) is 0. The van der Waals surface area contributed by atoms with Crippen LogP contribution in [0.2, 0.25) is 0 Å². The molecule has 0 bridgehead atoms. The molecule has 102 valence electrons. The summed E-state index contributed by atoms with van der Waals surface area (Å²) >= 11 is 0. The van der Waals surface area contributed by atoms with Crippen LogP contribution in [0.25, 0.3) is 0 Å². The third-order valence-electron chi connectivity index (χ3n) is 3.57. The van der Waals surface area contributed by atoms with Gasteiger partial charge in [-0.1, -0.05) is 0 Å². The van der Waals surface area contributed by atoms with Crippen molar-refractivity contribution in [1.82, 2.24) is 9.97 Å². The van der Waals surface area contributed by atoms with Gasteiger partial charge in [-0.05, 0) is 27.7 Å². The lowest BCUT2D eigenvalue weighted by Crippen LogP contribution is -2.41. The Morgan fingerprint density at radius 2 is 1.63 bits per heavy atom. The van der Waals surface area contributed by atoms with Gasteiger partial charge < -0.3 is 14.0 Å². The first-order valence-electron chi connectivity index (χ1n) is 6.03. The predicted octanol–water partition coefficient (Wildman–Crippen LogP) is 0.562. The summed E-state index contributed by atoms with van der Waals surface area (Å²) < 4.78 is 16.3.